The molecule has 1 aromatic rings. The van der Waals surface area contributed by atoms with Gasteiger partial charge >= 0.3 is 0 Å². The number of nitrogens with zero attached hydrogens (tertiary/aromatic N) is 4. The van der Waals surface area contributed by atoms with E-state index in [1.165, 1.54) is 19.4 Å². The molecule has 18 heavy (non-hydrogen) atoms. The fourth-order valence-electron chi connectivity index (χ4n) is 2.58. The zero-order valence-corrected chi connectivity index (χ0v) is 11.3. The van der Waals surface area contributed by atoms with Crippen LogP contribution in [-0.2, 0) is 6.54 Å². The molecule has 2 rings (SSSR count). The van der Waals surface area contributed by atoms with Gasteiger partial charge in [0.25, 0.3) is 0 Å². The Labute approximate surface area is 109 Å². The Morgan fingerprint density at radius 3 is 2.89 bits per heavy atom. The number of nitrogens with two attached hydrogens (primary N) is 1. The van der Waals surface area contributed by atoms with E-state index >= 15 is 0 Å². The van der Waals surface area contributed by atoms with E-state index in [1.807, 2.05) is 6.20 Å². The van der Waals surface area contributed by atoms with Crippen LogP contribution in [0.5, 0.6) is 0 Å². The fourth-order valence-corrected chi connectivity index (χ4v) is 2.58. The lowest BCUT2D eigenvalue weighted by Crippen LogP contribution is -2.39. The van der Waals surface area contributed by atoms with Crippen LogP contribution in [0.3, 0.4) is 0 Å². The topological polar surface area (TPSA) is 58.3 Å². The Hall–Kier alpha value is -1.20. The minimum Gasteiger partial charge on any atom is -0.357 e. The minimum atomic E-state index is 0.448. The maximum absolute atomic E-state index is 5.52. The summed E-state index contributed by atoms with van der Waals surface area (Å²) in [5, 5.41) is 0. The molecule has 0 radical (unpaired) electrons. The molecule has 1 aliphatic rings. The van der Waals surface area contributed by atoms with Crippen molar-refractivity contribution in [1.29, 1.82) is 0 Å². The van der Waals surface area contributed by atoms with Crippen molar-refractivity contribution in [3.63, 3.8) is 0 Å². The predicted molar refractivity (Wildman–Crippen MR) is 73.5 cm³/mol. The van der Waals surface area contributed by atoms with Gasteiger partial charge in [-0.25, -0.2) is 4.98 Å². The highest BCUT2D eigenvalue weighted by Crippen LogP contribution is 2.19. The van der Waals surface area contributed by atoms with Crippen molar-refractivity contribution in [2.45, 2.75) is 32.4 Å². The quantitative estimate of drug-likeness (QED) is 0.838. The largest absolute Gasteiger partial charge is 0.357 e. The molecule has 1 aromatic heterocycles. The van der Waals surface area contributed by atoms with Gasteiger partial charge in [-0.05, 0) is 25.9 Å². The lowest BCUT2D eigenvalue weighted by molar-refractivity contribution is 0.270. The lowest BCUT2D eigenvalue weighted by atomic mass is 10.2. The summed E-state index contributed by atoms with van der Waals surface area (Å²) in [5.41, 5.74) is 6.36. The second kappa shape index (κ2) is 6.11. The van der Waals surface area contributed by atoms with E-state index in [9.17, 15) is 0 Å². The number of likely N-dealkylation sites (N-methyl/N-ethyl adjacent to an activating group) is 2. The normalized spacial score (nSPS) is 20.3. The first-order valence-electron chi connectivity index (χ1n) is 6.70. The molecule has 0 spiro atoms. The van der Waals surface area contributed by atoms with Crippen LogP contribution in [0.1, 0.15) is 25.5 Å². The van der Waals surface area contributed by atoms with Crippen LogP contribution in [-0.4, -0.2) is 47.6 Å². The van der Waals surface area contributed by atoms with Gasteiger partial charge in [-0.1, -0.05) is 6.92 Å². The van der Waals surface area contributed by atoms with E-state index < -0.39 is 0 Å². The molecule has 1 fully saturated rings. The molecule has 5 heteroatoms. The van der Waals surface area contributed by atoms with Gasteiger partial charge in [0.15, 0.2) is 0 Å². The molecule has 2 heterocycles. The number of anilines is 1. The monoisotopic (exact) mass is 249 g/mol. The molecular weight excluding hydrogens is 226 g/mol. The third-order valence-corrected chi connectivity index (χ3v) is 3.68. The summed E-state index contributed by atoms with van der Waals surface area (Å²) in [6, 6.07) is 0.649. The highest BCUT2D eigenvalue weighted by atomic mass is 15.2. The van der Waals surface area contributed by atoms with Crippen LogP contribution in [0.4, 0.5) is 5.82 Å². The fraction of sp³-hybridized carbons (Fsp3) is 0.692. The van der Waals surface area contributed by atoms with Crippen molar-refractivity contribution in [2.24, 2.45) is 5.73 Å². The molecular formula is C13H23N5. The standard InChI is InChI=1S/C13H23N5/c1-3-18-6-4-5-12(18)10-17(2)13-9-15-11(7-14)8-16-13/h8-9,12H,3-7,10,14H2,1-2H3. The molecule has 2 N–H and O–H groups in total. The van der Waals surface area contributed by atoms with E-state index in [0.29, 0.717) is 12.6 Å². The van der Waals surface area contributed by atoms with Crippen molar-refractivity contribution >= 4 is 5.82 Å². The SMILES string of the molecule is CCN1CCCC1CN(C)c1cnc(CN)cn1. The van der Waals surface area contributed by atoms with Gasteiger partial charge in [0.2, 0.25) is 0 Å². The molecule has 1 unspecified atom stereocenters. The van der Waals surface area contributed by atoms with Crippen molar-refractivity contribution in [2.75, 3.05) is 31.6 Å². The molecule has 5 nitrogen and oxygen atoms in total. The molecule has 100 valence electrons. The van der Waals surface area contributed by atoms with Gasteiger partial charge in [-0.2, -0.15) is 0 Å². The first-order chi connectivity index (χ1) is 8.74. The minimum absolute atomic E-state index is 0.448. The first-order valence-corrected chi connectivity index (χ1v) is 6.70. The summed E-state index contributed by atoms with van der Waals surface area (Å²) >= 11 is 0. The Balaban J connectivity index is 1.95. The highest BCUT2D eigenvalue weighted by molar-refractivity contribution is 5.34. The second-order valence-electron chi connectivity index (χ2n) is 4.88. The van der Waals surface area contributed by atoms with Crippen molar-refractivity contribution in [3.05, 3.63) is 18.1 Å². The third-order valence-electron chi connectivity index (χ3n) is 3.68. The number of hydrogen-bond acceptors (Lipinski definition) is 5. The zero-order chi connectivity index (χ0) is 13.0. The van der Waals surface area contributed by atoms with Crippen molar-refractivity contribution in [1.82, 2.24) is 14.9 Å². The van der Waals surface area contributed by atoms with E-state index in [2.05, 4.69) is 33.7 Å². The van der Waals surface area contributed by atoms with Crippen LogP contribution in [0.25, 0.3) is 0 Å². The Morgan fingerprint density at radius 2 is 2.28 bits per heavy atom. The average molecular weight is 249 g/mol. The summed E-state index contributed by atoms with van der Waals surface area (Å²) in [4.78, 5) is 13.4. The highest BCUT2D eigenvalue weighted by Gasteiger charge is 2.24. The van der Waals surface area contributed by atoms with Crippen LogP contribution >= 0.6 is 0 Å². The van der Waals surface area contributed by atoms with E-state index in [-0.39, 0.29) is 0 Å². The van der Waals surface area contributed by atoms with E-state index in [0.717, 1.165) is 24.6 Å². The lowest BCUT2D eigenvalue weighted by Gasteiger charge is -2.28. The number of hydrogen-bond donors (Lipinski definition) is 1. The third kappa shape index (κ3) is 2.97. The molecule has 0 amide bonds. The molecule has 0 bridgehead atoms. The Kier molecular flexibility index (Phi) is 4.49. The summed E-state index contributed by atoms with van der Waals surface area (Å²) in [7, 11) is 2.08. The van der Waals surface area contributed by atoms with Crippen molar-refractivity contribution < 1.29 is 0 Å². The van der Waals surface area contributed by atoms with Crippen LogP contribution in [0.15, 0.2) is 12.4 Å². The summed E-state index contributed by atoms with van der Waals surface area (Å²) < 4.78 is 0. The predicted octanol–water partition coefficient (Wildman–Crippen LogP) is 0.856. The van der Waals surface area contributed by atoms with Gasteiger partial charge in [-0.3, -0.25) is 9.88 Å². The van der Waals surface area contributed by atoms with Crippen LogP contribution in [0.2, 0.25) is 0 Å². The smallest absolute Gasteiger partial charge is 0.146 e. The maximum Gasteiger partial charge on any atom is 0.146 e. The van der Waals surface area contributed by atoms with Crippen LogP contribution in [0, 0.1) is 0 Å². The van der Waals surface area contributed by atoms with Gasteiger partial charge in [0, 0.05) is 26.2 Å². The Morgan fingerprint density at radius 1 is 1.44 bits per heavy atom. The van der Waals surface area contributed by atoms with Crippen molar-refractivity contribution in [3.8, 4) is 0 Å². The van der Waals surface area contributed by atoms with Gasteiger partial charge in [0.1, 0.15) is 5.82 Å². The summed E-state index contributed by atoms with van der Waals surface area (Å²) in [6.45, 7) is 6.06. The van der Waals surface area contributed by atoms with E-state index in [4.69, 9.17) is 5.73 Å². The maximum atomic E-state index is 5.52. The van der Waals surface area contributed by atoms with Gasteiger partial charge < -0.3 is 10.6 Å². The molecule has 0 saturated carbocycles. The molecule has 0 aromatic carbocycles. The summed E-state index contributed by atoms with van der Waals surface area (Å²) in [5.74, 6) is 0.926. The number of likely N-dealkylation sites (tertiary alicyclic amines) is 1. The molecule has 1 atom stereocenters. The average Bonchev–Trinajstić information content (AvgIpc) is 2.86. The second-order valence-corrected chi connectivity index (χ2v) is 4.88. The molecule has 1 saturated heterocycles. The van der Waals surface area contributed by atoms with Gasteiger partial charge in [0.05, 0.1) is 18.1 Å². The zero-order valence-electron chi connectivity index (χ0n) is 11.3. The van der Waals surface area contributed by atoms with E-state index in [1.54, 1.807) is 6.20 Å². The molecule has 1 aliphatic heterocycles. The van der Waals surface area contributed by atoms with Gasteiger partial charge in [-0.15, -0.1) is 0 Å². The summed E-state index contributed by atoms with van der Waals surface area (Å²) in [6.07, 6.45) is 6.17. The first kappa shape index (κ1) is 13.2. The number of aromatic nitrogens is 2. The van der Waals surface area contributed by atoms with Crippen LogP contribution < -0.4 is 10.6 Å². The molecule has 0 aliphatic carbocycles. The Bertz CT molecular complexity index is 364. The number of rotatable bonds is 5.